The molecule has 1 aliphatic rings. The Balaban J connectivity index is 1.66. The van der Waals surface area contributed by atoms with Gasteiger partial charge in [0, 0.05) is 17.3 Å². The topological polar surface area (TPSA) is 84.9 Å². The van der Waals surface area contributed by atoms with Crippen LogP contribution in [-0.2, 0) is 4.79 Å². The molecule has 0 atom stereocenters. The van der Waals surface area contributed by atoms with Gasteiger partial charge in [0.15, 0.2) is 17.3 Å². The Labute approximate surface area is 173 Å². The fourth-order valence-electron chi connectivity index (χ4n) is 3.08. The van der Waals surface area contributed by atoms with Crippen molar-refractivity contribution in [2.75, 3.05) is 18.5 Å². The predicted octanol–water partition coefficient (Wildman–Crippen LogP) is 4.07. The van der Waals surface area contributed by atoms with Crippen LogP contribution in [0, 0.1) is 0 Å². The van der Waals surface area contributed by atoms with Gasteiger partial charge in [0.2, 0.25) is 0 Å². The van der Waals surface area contributed by atoms with Crippen LogP contribution in [0.25, 0.3) is 6.08 Å². The van der Waals surface area contributed by atoms with Crippen LogP contribution in [0.15, 0.2) is 78.4 Å². The fourth-order valence-corrected chi connectivity index (χ4v) is 3.08. The number of phenolic OH excluding ortho intramolecular Hbond substituents is 1. The Bertz CT molecular complexity index is 1120. The van der Waals surface area contributed by atoms with E-state index in [0.717, 1.165) is 0 Å². The summed E-state index contributed by atoms with van der Waals surface area (Å²) in [7, 11) is 0. The molecule has 0 saturated carbocycles. The number of hydrogen-bond donors (Lipinski definition) is 2. The van der Waals surface area contributed by atoms with Crippen LogP contribution in [0.5, 0.6) is 17.2 Å². The highest BCUT2D eigenvalue weighted by molar-refractivity contribution is 6.31. The summed E-state index contributed by atoms with van der Waals surface area (Å²) < 4.78 is 11.0. The van der Waals surface area contributed by atoms with Gasteiger partial charge in [-0.3, -0.25) is 9.59 Å². The molecule has 150 valence electrons. The summed E-state index contributed by atoms with van der Waals surface area (Å²) in [6, 6.07) is 20.0. The van der Waals surface area contributed by atoms with Crippen molar-refractivity contribution in [1.82, 2.24) is 0 Å². The molecule has 6 heteroatoms. The van der Waals surface area contributed by atoms with Crippen LogP contribution in [0.2, 0.25) is 0 Å². The van der Waals surface area contributed by atoms with Crippen molar-refractivity contribution >= 4 is 23.5 Å². The molecule has 30 heavy (non-hydrogen) atoms. The van der Waals surface area contributed by atoms with Crippen molar-refractivity contribution in [1.29, 1.82) is 0 Å². The van der Waals surface area contributed by atoms with Gasteiger partial charge in [-0.05, 0) is 35.9 Å². The molecule has 0 bridgehead atoms. The monoisotopic (exact) mass is 401 g/mol. The molecule has 0 spiro atoms. The number of nitrogens with one attached hydrogen (secondary N) is 1. The highest BCUT2D eigenvalue weighted by Crippen LogP contribution is 2.32. The second-order valence-electron chi connectivity index (χ2n) is 6.66. The van der Waals surface area contributed by atoms with Crippen LogP contribution in [0.3, 0.4) is 0 Å². The number of carbonyl (C=O) groups is 2. The van der Waals surface area contributed by atoms with Crippen molar-refractivity contribution in [3.8, 4) is 17.2 Å². The van der Waals surface area contributed by atoms with E-state index in [1.54, 1.807) is 60.7 Å². The number of rotatable bonds is 5. The van der Waals surface area contributed by atoms with Crippen LogP contribution >= 0.6 is 0 Å². The lowest BCUT2D eigenvalue weighted by atomic mass is 10.00. The van der Waals surface area contributed by atoms with Crippen LogP contribution in [-0.4, -0.2) is 30.0 Å². The average molecular weight is 401 g/mol. The van der Waals surface area contributed by atoms with Crippen LogP contribution in [0.4, 0.5) is 5.69 Å². The maximum Gasteiger partial charge on any atom is 0.259 e. The first kappa shape index (κ1) is 19.3. The Morgan fingerprint density at radius 1 is 0.867 bits per heavy atom. The molecule has 0 unspecified atom stereocenters. The van der Waals surface area contributed by atoms with Gasteiger partial charge >= 0.3 is 0 Å². The molecule has 0 aromatic heterocycles. The molecule has 6 nitrogen and oxygen atoms in total. The molecule has 0 saturated heterocycles. The lowest BCUT2D eigenvalue weighted by molar-refractivity contribution is -0.112. The Morgan fingerprint density at radius 3 is 2.40 bits per heavy atom. The van der Waals surface area contributed by atoms with Crippen molar-refractivity contribution in [3.05, 3.63) is 89.5 Å². The van der Waals surface area contributed by atoms with E-state index in [0.29, 0.717) is 41.5 Å². The van der Waals surface area contributed by atoms with E-state index >= 15 is 0 Å². The summed E-state index contributed by atoms with van der Waals surface area (Å²) in [5, 5.41) is 12.5. The summed E-state index contributed by atoms with van der Waals surface area (Å²) in [6.07, 6.45) is 1.46. The fraction of sp³-hybridized carbons (Fsp3) is 0.0833. The number of amides is 1. The van der Waals surface area contributed by atoms with Crippen molar-refractivity contribution < 1.29 is 24.2 Å². The molecule has 1 heterocycles. The SMILES string of the molecule is O=C(Nc1ccc2c(c1)OCCO2)/C(=C/c1cccc(O)c1)C(=O)c1ccccc1. The van der Waals surface area contributed by atoms with E-state index in [1.165, 1.54) is 18.2 Å². The van der Waals surface area contributed by atoms with Crippen molar-refractivity contribution in [2.24, 2.45) is 0 Å². The van der Waals surface area contributed by atoms with Gasteiger partial charge in [-0.15, -0.1) is 0 Å². The summed E-state index contributed by atoms with van der Waals surface area (Å²) >= 11 is 0. The minimum Gasteiger partial charge on any atom is -0.508 e. The lowest BCUT2D eigenvalue weighted by Gasteiger charge is -2.19. The molecule has 4 rings (SSSR count). The molecular weight excluding hydrogens is 382 g/mol. The third-order valence-electron chi connectivity index (χ3n) is 4.51. The highest BCUT2D eigenvalue weighted by Gasteiger charge is 2.21. The third-order valence-corrected chi connectivity index (χ3v) is 4.51. The first-order valence-corrected chi connectivity index (χ1v) is 9.41. The Kier molecular flexibility index (Phi) is 5.48. The molecule has 0 aliphatic carbocycles. The van der Waals surface area contributed by atoms with E-state index in [1.807, 2.05) is 0 Å². The standard InChI is InChI=1S/C24H19NO5/c26-19-8-4-5-16(13-19)14-20(23(27)17-6-2-1-3-7-17)24(28)25-18-9-10-21-22(15-18)30-12-11-29-21/h1-10,13-15,26H,11-12H2,(H,25,28)/b20-14+. The van der Waals surface area contributed by atoms with E-state index in [2.05, 4.69) is 5.32 Å². The van der Waals surface area contributed by atoms with Crippen molar-refractivity contribution in [3.63, 3.8) is 0 Å². The number of Topliss-reactive ketones (excluding diaryl/α,β-unsaturated/α-hetero) is 1. The predicted molar refractivity (Wildman–Crippen MR) is 113 cm³/mol. The number of aromatic hydroxyl groups is 1. The van der Waals surface area contributed by atoms with Gasteiger partial charge in [0.1, 0.15) is 19.0 Å². The largest absolute Gasteiger partial charge is 0.508 e. The van der Waals surface area contributed by atoms with Gasteiger partial charge < -0.3 is 19.9 Å². The molecule has 1 aliphatic heterocycles. The highest BCUT2D eigenvalue weighted by atomic mass is 16.6. The molecule has 1 amide bonds. The molecule has 3 aromatic carbocycles. The number of ketones is 1. The second-order valence-corrected chi connectivity index (χ2v) is 6.66. The maximum atomic E-state index is 13.1. The van der Waals surface area contributed by atoms with Gasteiger partial charge in [0.05, 0.1) is 5.57 Å². The Morgan fingerprint density at radius 2 is 1.63 bits per heavy atom. The number of anilines is 1. The number of phenols is 1. The normalized spacial score (nSPS) is 12.9. The first-order chi connectivity index (χ1) is 14.6. The quantitative estimate of drug-likeness (QED) is 0.291. The molecule has 0 radical (unpaired) electrons. The first-order valence-electron chi connectivity index (χ1n) is 9.41. The van der Waals surface area contributed by atoms with E-state index < -0.39 is 11.7 Å². The number of hydrogen-bond acceptors (Lipinski definition) is 5. The zero-order valence-electron chi connectivity index (χ0n) is 16.0. The van der Waals surface area contributed by atoms with Gasteiger partial charge in [0.25, 0.3) is 5.91 Å². The Hall–Kier alpha value is -4.06. The van der Waals surface area contributed by atoms with Crippen molar-refractivity contribution in [2.45, 2.75) is 0 Å². The van der Waals surface area contributed by atoms with Gasteiger partial charge in [-0.25, -0.2) is 0 Å². The number of carbonyl (C=O) groups excluding carboxylic acids is 2. The summed E-state index contributed by atoms with van der Waals surface area (Å²) in [5.41, 5.74) is 1.35. The summed E-state index contributed by atoms with van der Waals surface area (Å²) in [6.45, 7) is 0.903. The minimum absolute atomic E-state index is 0.0440. The van der Waals surface area contributed by atoms with Gasteiger partial charge in [-0.2, -0.15) is 0 Å². The molecule has 0 fully saturated rings. The third kappa shape index (κ3) is 4.33. The van der Waals surface area contributed by atoms with E-state index in [4.69, 9.17) is 9.47 Å². The van der Waals surface area contributed by atoms with Crippen LogP contribution in [0.1, 0.15) is 15.9 Å². The number of fused-ring (bicyclic) bond motifs is 1. The number of ether oxygens (including phenoxy) is 2. The molecular formula is C24H19NO5. The molecule has 3 aromatic rings. The van der Waals surface area contributed by atoms with E-state index in [-0.39, 0.29) is 11.3 Å². The van der Waals surface area contributed by atoms with Gasteiger partial charge in [-0.1, -0.05) is 42.5 Å². The number of benzene rings is 3. The molecule has 2 N–H and O–H groups in total. The lowest BCUT2D eigenvalue weighted by Crippen LogP contribution is -2.21. The maximum absolute atomic E-state index is 13.1. The van der Waals surface area contributed by atoms with Crippen LogP contribution < -0.4 is 14.8 Å². The summed E-state index contributed by atoms with van der Waals surface area (Å²) in [5.74, 6) is 0.197. The zero-order chi connectivity index (χ0) is 20.9. The summed E-state index contributed by atoms with van der Waals surface area (Å²) in [4.78, 5) is 26.1. The second kappa shape index (κ2) is 8.53. The minimum atomic E-state index is -0.566. The van der Waals surface area contributed by atoms with E-state index in [9.17, 15) is 14.7 Å². The zero-order valence-corrected chi connectivity index (χ0v) is 16.0. The smallest absolute Gasteiger partial charge is 0.259 e. The average Bonchev–Trinajstić information content (AvgIpc) is 2.77.